The number of anilines is 2. The van der Waals surface area contributed by atoms with Gasteiger partial charge >= 0.3 is 0 Å². The number of nitrogens with two attached hydrogens (primary N) is 1. The van der Waals surface area contributed by atoms with Gasteiger partial charge in [-0.05, 0) is 42.8 Å². The van der Waals surface area contributed by atoms with E-state index in [1.807, 2.05) is 6.92 Å². The molecule has 2 aromatic rings. The maximum Gasteiger partial charge on any atom is 0.263 e. The van der Waals surface area contributed by atoms with Crippen molar-refractivity contribution < 1.29 is 8.42 Å². The maximum atomic E-state index is 12.3. The van der Waals surface area contributed by atoms with Crippen LogP contribution in [0.25, 0.3) is 0 Å². The minimum Gasteiger partial charge on any atom is -0.399 e. The van der Waals surface area contributed by atoms with Crippen molar-refractivity contribution in [3.8, 4) is 0 Å². The second-order valence-corrected chi connectivity index (χ2v) is 6.72. The highest BCUT2D eigenvalue weighted by atomic mass is 35.5. The van der Waals surface area contributed by atoms with Gasteiger partial charge in [0.15, 0.2) is 0 Å². The average molecular weight is 331 g/mol. The highest BCUT2D eigenvalue weighted by Gasteiger charge is 2.18. The molecule has 0 saturated carbocycles. The minimum absolute atomic E-state index is 0.0733. The van der Waals surface area contributed by atoms with E-state index in [2.05, 4.69) is 4.72 Å². The van der Waals surface area contributed by atoms with Crippen LogP contribution in [0.1, 0.15) is 5.56 Å². The summed E-state index contributed by atoms with van der Waals surface area (Å²) < 4.78 is 27.0. The van der Waals surface area contributed by atoms with Gasteiger partial charge in [-0.1, -0.05) is 29.3 Å². The molecular weight excluding hydrogens is 319 g/mol. The Morgan fingerprint density at radius 3 is 2.40 bits per heavy atom. The standard InChI is InChI=1S/C13H12Cl2N2O2S/c1-8-2-4-10(7-12(8)15)17-20(18,19)13-6-9(16)3-5-11(13)14/h2-7,17H,16H2,1H3. The molecule has 0 radical (unpaired) electrons. The Hall–Kier alpha value is -1.43. The van der Waals surface area contributed by atoms with Crippen LogP contribution in [0.15, 0.2) is 41.3 Å². The normalized spacial score (nSPS) is 11.3. The molecule has 3 N–H and O–H groups in total. The molecule has 0 saturated heterocycles. The Morgan fingerprint density at radius 2 is 1.75 bits per heavy atom. The predicted octanol–water partition coefficient (Wildman–Crippen LogP) is 3.68. The number of rotatable bonds is 3. The van der Waals surface area contributed by atoms with E-state index in [1.165, 1.54) is 24.3 Å². The largest absolute Gasteiger partial charge is 0.399 e. The molecule has 0 spiro atoms. The molecule has 2 rings (SSSR count). The van der Waals surface area contributed by atoms with Gasteiger partial charge in [0.2, 0.25) is 0 Å². The molecule has 7 heteroatoms. The summed E-state index contributed by atoms with van der Waals surface area (Å²) in [4.78, 5) is -0.0733. The van der Waals surface area contributed by atoms with Gasteiger partial charge in [0.1, 0.15) is 4.90 Å². The van der Waals surface area contributed by atoms with Gasteiger partial charge in [0.25, 0.3) is 10.0 Å². The average Bonchev–Trinajstić information content (AvgIpc) is 2.36. The molecule has 2 aromatic carbocycles. The molecule has 0 aliphatic heterocycles. The molecule has 20 heavy (non-hydrogen) atoms. The number of aryl methyl sites for hydroxylation is 1. The molecule has 0 atom stereocenters. The quantitative estimate of drug-likeness (QED) is 0.843. The third-order valence-corrected chi connectivity index (χ3v) is 4.94. The van der Waals surface area contributed by atoms with Crippen molar-refractivity contribution >= 4 is 44.6 Å². The highest BCUT2D eigenvalue weighted by Crippen LogP contribution is 2.27. The van der Waals surface area contributed by atoms with Crippen molar-refractivity contribution in [2.24, 2.45) is 0 Å². The van der Waals surface area contributed by atoms with E-state index in [9.17, 15) is 8.42 Å². The Morgan fingerprint density at radius 1 is 1.05 bits per heavy atom. The molecule has 0 amide bonds. The first kappa shape index (κ1) is 15.0. The molecule has 0 fully saturated rings. The molecule has 0 aliphatic carbocycles. The van der Waals surface area contributed by atoms with Crippen LogP contribution < -0.4 is 10.5 Å². The summed E-state index contributed by atoms with van der Waals surface area (Å²) in [5, 5.41) is 0.578. The summed E-state index contributed by atoms with van der Waals surface area (Å²) in [6, 6.07) is 9.16. The Labute approximate surface area is 127 Å². The molecule has 0 aliphatic rings. The number of nitrogen functional groups attached to an aromatic ring is 1. The van der Waals surface area contributed by atoms with Crippen LogP contribution in [-0.4, -0.2) is 8.42 Å². The lowest BCUT2D eigenvalue weighted by Gasteiger charge is -2.11. The van der Waals surface area contributed by atoms with Crippen LogP contribution in [0.4, 0.5) is 11.4 Å². The third kappa shape index (κ3) is 3.17. The summed E-state index contributed by atoms with van der Waals surface area (Å²) >= 11 is 11.9. The fourth-order valence-corrected chi connectivity index (χ4v) is 3.36. The number of sulfonamides is 1. The van der Waals surface area contributed by atoms with Crippen molar-refractivity contribution in [3.63, 3.8) is 0 Å². The predicted molar refractivity (Wildman–Crippen MR) is 82.9 cm³/mol. The first-order valence-corrected chi connectivity index (χ1v) is 7.87. The van der Waals surface area contributed by atoms with Gasteiger partial charge in [-0.3, -0.25) is 4.72 Å². The van der Waals surface area contributed by atoms with E-state index in [4.69, 9.17) is 28.9 Å². The van der Waals surface area contributed by atoms with Gasteiger partial charge in [-0.25, -0.2) is 8.42 Å². The van der Waals surface area contributed by atoms with Crippen LogP contribution in [0.3, 0.4) is 0 Å². The fraction of sp³-hybridized carbons (Fsp3) is 0.0769. The van der Waals surface area contributed by atoms with Gasteiger partial charge < -0.3 is 5.73 Å². The summed E-state index contributed by atoms with van der Waals surface area (Å²) in [5.74, 6) is 0. The summed E-state index contributed by atoms with van der Waals surface area (Å²) in [5.41, 5.74) is 7.12. The molecule has 0 bridgehead atoms. The number of hydrogen-bond donors (Lipinski definition) is 2. The zero-order valence-corrected chi connectivity index (χ0v) is 12.9. The Kier molecular flexibility index (Phi) is 4.13. The van der Waals surface area contributed by atoms with E-state index in [1.54, 1.807) is 12.1 Å². The van der Waals surface area contributed by atoms with Gasteiger partial charge in [-0.15, -0.1) is 0 Å². The number of halogens is 2. The lowest BCUT2D eigenvalue weighted by molar-refractivity contribution is 0.601. The summed E-state index contributed by atoms with van der Waals surface area (Å²) in [6.07, 6.45) is 0. The summed E-state index contributed by atoms with van der Waals surface area (Å²) in [7, 11) is -3.82. The van der Waals surface area contributed by atoms with Crippen LogP contribution >= 0.6 is 23.2 Å². The zero-order chi connectivity index (χ0) is 14.9. The topological polar surface area (TPSA) is 72.2 Å². The van der Waals surface area contributed by atoms with E-state index >= 15 is 0 Å². The van der Waals surface area contributed by atoms with Crippen molar-refractivity contribution in [1.29, 1.82) is 0 Å². The number of benzene rings is 2. The second kappa shape index (κ2) is 5.52. The highest BCUT2D eigenvalue weighted by molar-refractivity contribution is 7.92. The lowest BCUT2D eigenvalue weighted by Crippen LogP contribution is -2.13. The molecule has 0 heterocycles. The second-order valence-electron chi connectivity index (χ2n) is 4.26. The Balaban J connectivity index is 2.40. The number of hydrogen-bond acceptors (Lipinski definition) is 3. The summed E-state index contributed by atoms with van der Waals surface area (Å²) in [6.45, 7) is 1.83. The lowest BCUT2D eigenvalue weighted by atomic mass is 10.2. The monoisotopic (exact) mass is 330 g/mol. The number of nitrogens with one attached hydrogen (secondary N) is 1. The molecular formula is C13H12Cl2N2O2S. The first-order chi connectivity index (χ1) is 9.29. The third-order valence-electron chi connectivity index (χ3n) is 2.67. The van der Waals surface area contributed by atoms with E-state index in [0.717, 1.165) is 5.56 Å². The van der Waals surface area contributed by atoms with Gasteiger partial charge in [-0.2, -0.15) is 0 Å². The van der Waals surface area contributed by atoms with Gasteiger partial charge in [0.05, 0.1) is 10.7 Å². The fourth-order valence-electron chi connectivity index (χ4n) is 1.59. The molecule has 0 aromatic heterocycles. The van der Waals surface area contributed by atoms with Gasteiger partial charge in [0, 0.05) is 10.7 Å². The zero-order valence-electron chi connectivity index (χ0n) is 10.5. The molecule has 106 valence electrons. The minimum atomic E-state index is -3.82. The van der Waals surface area contributed by atoms with Crippen molar-refractivity contribution in [2.75, 3.05) is 10.5 Å². The van der Waals surface area contributed by atoms with Crippen molar-refractivity contribution in [2.45, 2.75) is 11.8 Å². The smallest absolute Gasteiger partial charge is 0.263 e. The maximum absolute atomic E-state index is 12.3. The van der Waals surface area contributed by atoms with Crippen molar-refractivity contribution in [3.05, 3.63) is 52.0 Å². The van der Waals surface area contributed by atoms with E-state index < -0.39 is 10.0 Å². The van der Waals surface area contributed by atoms with Crippen molar-refractivity contribution in [1.82, 2.24) is 0 Å². The van der Waals surface area contributed by atoms with E-state index in [-0.39, 0.29) is 9.92 Å². The van der Waals surface area contributed by atoms with Crippen LogP contribution in [0.5, 0.6) is 0 Å². The van der Waals surface area contributed by atoms with Crippen LogP contribution in [0.2, 0.25) is 10.0 Å². The van der Waals surface area contributed by atoms with E-state index in [0.29, 0.717) is 16.4 Å². The SMILES string of the molecule is Cc1ccc(NS(=O)(=O)c2cc(N)ccc2Cl)cc1Cl. The molecule has 4 nitrogen and oxygen atoms in total. The van der Waals surface area contributed by atoms with Crippen LogP contribution in [-0.2, 0) is 10.0 Å². The van der Waals surface area contributed by atoms with Crippen LogP contribution in [0, 0.1) is 6.92 Å². The Bertz CT molecular complexity index is 761. The molecule has 0 unspecified atom stereocenters. The first-order valence-electron chi connectivity index (χ1n) is 5.63.